The van der Waals surface area contributed by atoms with Gasteiger partial charge in [-0.2, -0.15) is 0 Å². The van der Waals surface area contributed by atoms with Gasteiger partial charge in [-0.3, -0.25) is 14.9 Å². The molecule has 1 heterocycles. The molecule has 2 aliphatic rings. The fraction of sp³-hybridized carbons (Fsp3) is 0.350. The number of hydrogen-bond acceptors (Lipinski definition) is 3. The molecule has 1 aliphatic heterocycles. The Hall–Kier alpha value is -2.69. The number of amides is 1. The standard InChI is InChI=1S/C20H20N2O3/c1-20-11-10-19(23)21-18(20)9-5-15-12-14(4-8-17(15)20)13-2-6-16(7-3-13)22(24)25/h2-4,6-8,12,18H,5,9-11H2,1H3,(H,21,23)/t18-,20-/m1/s1. The maximum atomic E-state index is 11.7. The molecule has 0 radical (unpaired) electrons. The number of nitrogens with zero attached hydrogens (tertiary/aromatic N) is 1. The largest absolute Gasteiger partial charge is 0.352 e. The zero-order valence-corrected chi connectivity index (χ0v) is 14.1. The average Bonchev–Trinajstić information content (AvgIpc) is 2.62. The predicted octanol–water partition coefficient (Wildman–Crippen LogP) is 3.74. The molecule has 5 nitrogen and oxygen atoms in total. The first-order valence-corrected chi connectivity index (χ1v) is 8.65. The quantitative estimate of drug-likeness (QED) is 0.670. The molecule has 2 aromatic rings. The highest BCUT2D eigenvalue weighted by molar-refractivity contribution is 5.78. The summed E-state index contributed by atoms with van der Waals surface area (Å²) < 4.78 is 0. The summed E-state index contributed by atoms with van der Waals surface area (Å²) in [5.41, 5.74) is 4.82. The van der Waals surface area contributed by atoms with Gasteiger partial charge in [-0.25, -0.2) is 0 Å². The van der Waals surface area contributed by atoms with E-state index >= 15 is 0 Å². The van der Waals surface area contributed by atoms with E-state index < -0.39 is 0 Å². The summed E-state index contributed by atoms with van der Waals surface area (Å²) in [5.74, 6) is 0.161. The number of non-ortho nitro benzene ring substituents is 1. The highest BCUT2D eigenvalue weighted by atomic mass is 16.6. The van der Waals surface area contributed by atoms with Gasteiger partial charge < -0.3 is 5.32 Å². The first kappa shape index (κ1) is 15.8. The molecule has 5 heteroatoms. The highest BCUT2D eigenvalue weighted by Crippen LogP contribution is 2.43. The van der Waals surface area contributed by atoms with E-state index in [1.165, 1.54) is 11.1 Å². The van der Waals surface area contributed by atoms with Gasteiger partial charge in [0.1, 0.15) is 0 Å². The SMILES string of the molecule is C[C@]12CCC(=O)N[C@@H]1CCc1cc(-c3ccc([N+](=O)[O-])cc3)ccc12. The van der Waals surface area contributed by atoms with E-state index in [1.807, 2.05) is 0 Å². The monoisotopic (exact) mass is 336 g/mol. The van der Waals surface area contributed by atoms with Crippen LogP contribution in [0.4, 0.5) is 5.69 Å². The molecule has 128 valence electrons. The van der Waals surface area contributed by atoms with Gasteiger partial charge >= 0.3 is 0 Å². The molecule has 1 saturated heterocycles. The van der Waals surface area contributed by atoms with Crippen molar-refractivity contribution in [2.45, 2.75) is 44.1 Å². The van der Waals surface area contributed by atoms with Crippen molar-refractivity contribution in [2.75, 3.05) is 0 Å². The van der Waals surface area contributed by atoms with Gasteiger partial charge in [-0.1, -0.05) is 25.1 Å². The summed E-state index contributed by atoms with van der Waals surface area (Å²) >= 11 is 0. The van der Waals surface area contributed by atoms with E-state index in [4.69, 9.17) is 0 Å². The molecular formula is C20H20N2O3. The Morgan fingerprint density at radius 2 is 1.84 bits per heavy atom. The smallest absolute Gasteiger partial charge is 0.269 e. The molecule has 2 aromatic carbocycles. The Labute approximate surface area is 146 Å². The fourth-order valence-electron chi connectivity index (χ4n) is 4.30. The number of aryl methyl sites for hydroxylation is 1. The summed E-state index contributed by atoms with van der Waals surface area (Å²) in [4.78, 5) is 22.2. The molecule has 0 saturated carbocycles. The van der Waals surface area contributed by atoms with Crippen molar-refractivity contribution in [1.82, 2.24) is 5.32 Å². The topological polar surface area (TPSA) is 72.2 Å². The van der Waals surface area contributed by atoms with Gasteiger partial charge in [0.15, 0.2) is 0 Å². The minimum absolute atomic E-state index is 0.00447. The van der Waals surface area contributed by atoms with Crippen LogP contribution in [-0.4, -0.2) is 16.9 Å². The lowest BCUT2D eigenvalue weighted by molar-refractivity contribution is -0.384. The summed E-state index contributed by atoms with van der Waals surface area (Å²) in [6.45, 7) is 2.25. The summed E-state index contributed by atoms with van der Waals surface area (Å²) in [6, 6.07) is 13.4. The molecule has 1 aliphatic carbocycles. The normalized spacial score (nSPS) is 24.8. The fourth-order valence-corrected chi connectivity index (χ4v) is 4.30. The van der Waals surface area contributed by atoms with Gasteiger partial charge in [-0.15, -0.1) is 0 Å². The average molecular weight is 336 g/mol. The van der Waals surface area contributed by atoms with Crippen LogP contribution in [-0.2, 0) is 16.6 Å². The Kier molecular flexibility index (Phi) is 3.60. The first-order valence-electron chi connectivity index (χ1n) is 8.65. The number of rotatable bonds is 2. The minimum Gasteiger partial charge on any atom is -0.352 e. The first-order chi connectivity index (χ1) is 12.0. The van der Waals surface area contributed by atoms with Crippen molar-refractivity contribution < 1.29 is 9.72 Å². The molecule has 0 bridgehead atoms. The van der Waals surface area contributed by atoms with Crippen LogP contribution >= 0.6 is 0 Å². The number of hydrogen-bond donors (Lipinski definition) is 1. The maximum absolute atomic E-state index is 11.7. The second-order valence-electron chi connectivity index (χ2n) is 7.25. The van der Waals surface area contributed by atoms with Crippen molar-refractivity contribution in [3.05, 3.63) is 63.7 Å². The van der Waals surface area contributed by atoms with Gasteiger partial charge in [0.25, 0.3) is 5.69 Å². The number of carbonyl (C=O) groups is 1. The lowest BCUT2D eigenvalue weighted by Gasteiger charge is -2.46. The van der Waals surface area contributed by atoms with Crippen LogP contribution in [0.3, 0.4) is 0 Å². The second kappa shape index (κ2) is 5.69. The highest BCUT2D eigenvalue weighted by Gasteiger charge is 2.43. The number of benzene rings is 2. The molecular weight excluding hydrogens is 316 g/mol. The van der Waals surface area contributed by atoms with Crippen LogP contribution < -0.4 is 5.32 Å². The number of nitro benzene ring substituents is 1. The number of carbonyl (C=O) groups excluding carboxylic acids is 1. The number of fused-ring (bicyclic) bond motifs is 3. The van der Waals surface area contributed by atoms with E-state index in [0.29, 0.717) is 6.42 Å². The third-order valence-electron chi connectivity index (χ3n) is 5.81. The second-order valence-corrected chi connectivity index (χ2v) is 7.25. The van der Waals surface area contributed by atoms with E-state index in [-0.39, 0.29) is 28.0 Å². The lowest BCUT2D eigenvalue weighted by atomic mass is 9.64. The summed E-state index contributed by atoms with van der Waals surface area (Å²) in [5, 5.41) is 14.0. The molecule has 1 amide bonds. The zero-order valence-electron chi connectivity index (χ0n) is 14.1. The van der Waals surface area contributed by atoms with Crippen LogP contribution in [0.2, 0.25) is 0 Å². The van der Waals surface area contributed by atoms with E-state index in [2.05, 4.69) is 30.4 Å². The lowest BCUT2D eigenvalue weighted by Crippen LogP contribution is -2.55. The van der Waals surface area contributed by atoms with Crippen molar-refractivity contribution >= 4 is 11.6 Å². The van der Waals surface area contributed by atoms with E-state index in [0.717, 1.165) is 30.4 Å². The maximum Gasteiger partial charge on any atom is 0.269 e. The van der Waals surface area contributed by atoms with Gasteiger partial charge in [0.2, 0.25) is 5.91 Å². The van der Waals surface area contributed by atoms with E-state index in [9.17, 15) is 14.9 Å². The van der Waals surface area contributed by atoms with Crippen LogP contribution in [0.15, 0.2) is 42.5 Å². The summed E-state index contributed by atoms with van der Waals surface area (Å²) in [6.07, 6.45) is 3.36. The van der Waals surface area contributed by atoms with Crippen LogP contribution in [0, 0.1) is 10.1 Å². The summed E-state index contributed by atoms with van der Waals surface area (Å²) in [7, 11) is 0. The number of nitro groups is 1. The Balaban J connectivity index is 1.69. The van der Waals surface area contributed by atoms with Gasteiger partial charge in [0.05, 0.1) is 4.92 Å². The van der Waals surface area contributed by atoms with Crippen molar-refractivity contribution in [3.63, 3.8) is 0 Å². The Morgan fingerprint density at radius 3 is 2.56 bits per heavy atom. The van der Waals surface area contributed by atoms with Crippen LogP contribution in [0.5, 0.6) is 0 Å². The Morgan fingerprint density at radius 1 is 1.12 bits per heavy atom. The van der Waals surface area contributed by atoms with Crippen LogP contribution in [0.25, 0.3) is 11.1 Å². The molecule has 0 unspecified atom stereocenters. The van der Waals surface area contributed by atoms with Crippen LogP contribution in [0.1, 0.15) is 37.3 Å². The van der Waals surface area contributed by atoms with E-state index in [1.54, 1.807) is 24.3 Å². The number of piperidine rings is 1. The molecule has 1 fully saturated rings. The molecule has 1 N–H and O–H groups in total. The third-order valence-corrected chi connectivity index (χ3v) is 5.81. The zero-order chi connectivity index (χ0) is 17.6. The molecule has 2 atom stereocenters. The van der Waals surface area contributed by atoms with Crippen molar-refractivity contribution in [2.24, 2.45) is 0 Å². The molecule has 4 rings (SSSR count). The predicted molar refractivity (Wildman–Crippen MR) is 95.4 cm³/mol. The van der Waals surface area contributed by atoms with Crippen molar-refractivity contribution in [3.8, 4) is 11.1 Å². The molecule has 25 heavy (non-hydrogen) atoms. The Bertz CT molecular complexity index is 860. The van der Waals surface area contributed by atoms with Gasteiger partial charge in [0, 0.05) is 30.0 Å². The third kappa shape index (κ3) is 2.60. The number of nitrogens with one attached hydrogen (secondary N) is 1. The molecule has 0 aromatic heterocycles. The minimum atomic E-state index is -0.380. The van der Waals surface area contributed by atoms with Crippen molar-refractivity contribution in [1.29, 1.82) is 0 Å². The molecule has 0 spiro atoms. The van der Waals surface area contributed by atoms with Gasteiger partial charge in [-0.05, 0) is 53.6 Å².